The van der Waals surface area contributed by atoms with Crippen LogP contribution in [0.5, 0.6) is 0 Å². The van der Waals surface area contributed by atoms with Crippen LogP contribution in [0.3, 0.4) is 0 Å². The normalized spacial score (nSPS) is 10.2. The molecule has 4 heteroatoms. The van der Waals surface area contributed by atoms with Crippen LogP contribution in [-0.4, -0.2) is 0 Å². The zero-order valence-electron chi connectivity index (χ0n) is 9.47. The van der Waals surface area contributed by atoms with Crippen molar-refractivity contribution in [2.75, 3.05) is 0 Å². The molecule has 0 aromatic heterocycles. The van der Waals surface area contributed by atoms with Crippen LogP contribution in [0.15, 0.2) is 30.3 Å². The Morgan fingerprint density at radius 3 is 2.33 bits per heavy atom. The van der Waals surface area contributed by atoms with E-state index in [4.69, 9.17) is 5.26 Å². The highest BCUT2D eigenvalue weighted by atomic mass is 19.1. The molecule has 0 bridgehead atoms. The fourth-order valence-corrected chi connectivity index (χ4v) is 1.84. The number of halogens is 3. The Kier molecular flexibility index (Phi) is 3.07. The lowest BCUT2D eigenvalue weighted by molar-refractivity contribution is 0.584. The predicted octanol–water partition coefficient (Wildman–Crippen LogP) is 3.95. The Morgan fingerprint density at radius 2 is 1.72 bits per heavy atom. The number of nitrogens with zero attached hydrogens (tertiary/aromatic N) is 1. The van der Waals surface area contributed by atoms with Crippen LogP contribution in [0.25, 0.3) is 11.1 Å². The standard InChI is InChI=1S/C14H8F3N/c1-8-4-10(15)2-3-12(8)14-9(7-18)5-11(16)6-13(14)17/h2-6H,1H3. The molecule has 0 atom stereocenters. The van der Waals surface area contributed by atoms with Gasteiger partial charge in [-0.15, -0.1) is 0 Å². The van der Waals surface area contributed by atoms with Gasteiger partial charge in [-0.2, -0.15) is 5.26 Å². The maximum atomic E-state index is 13.8. The minimum Gasteiger partial charge on any atom is -0.207 e. The molecule has 0 amide bonds. The van der Waals surface area contributed by atoms with Crippen molar-refractivity contribution in [3.8, 4) is 17.2 Å². The van der Waals surface area contributed by atoms with Gasteiger partial charge in [0.05, 0.1) is 11.6 Å². The third-order valence-corrected chi connectivity index (χ3v) is 2.63. The fraction of sp³-hybridized carbons (Fsp3) is 0.0714. The van der Waals surface area contributed by atoms with E-state index in [0.29, 0.717) is 17.2 Å². The van der Waals surface area contributed by atoms with E-state index in [1.807, 2.05) is 0 Å². The largest absolute Gasteiger partial charge is 0.207 e. The first-order valence-corrected chi connectivity index (χ1v) is 5.18. The predicted molar refractivity (Wildman–Crippen MR) is 61.2 cm³/mol. The molecule has 2 rings (SSSR count). The lowest BCUT2D eigenvalue weighted by Gasteiger charge is -2.09. The summed E-state index contributed by atoms with van der Waals surface area (Å²) in [6.45, 7) is 1.60. The van der Waals surface area contributed by atoms with Gasteiger partial charge in [0, 0.05) is 11.6 Å². The minimum absolute atomic E-state index is 0.00333. The SMILES string of the molecule is Cc1cc(F)ccc1-c1c(F)cc(F)cc1C#N. The summed E-state index contributed by atoms with van der Waals surface area (Å²) in [4.78, 5) is 0. The highest BCUT2D eigenvalue weighted by Crippen LogP contribution is 2.30. The summed E-state index contributed by atoms with van der Waals surface area (Å²) in [5.41, 5.74) is 0.751. The van der Waals surface area contributed by atoms with Gasteiger partial charge < -0.3 is 0 Å². The summed E-state index contributed by atoms with van der Waals surface area (Å²) in [5.74, 6) is -2.09. The van der Waals surface area contributed by atoms with Gasteiger partial charge in [-0.3, -0.25) is 0 Å². The highest BCUT2D eigenvalue weighted by molar-refractivity contribution is 5.73. The number of hydrogen-bond acceptors (Lipinski definition) is 1. The van der Waals surface area contributed by atoms with Gasteiger partial charge in [0.25, 0.3) is 0 Å². The Balaban J connectivity index is 2.75. The zero-order chi connectivity index (χ0) is 13.3. The van der Waals surface area contributed by atoms with Crippen LogP contribution in [0, 0.1) is 35.7 Å². The van der Waals surface area contributed by atoms with Crippen molar-refractivity contribution in [2.45, 2.75) is 6.92 Å². The van der Waals surface area contributed by atoms with E-state index in [1.54, 1.807) is 13.0 Å². The van der Waals surface area contributed by atoms with Gasteiger partial charge in [0.1, 0.15) is 17.5 Å². The summed E-state index contributed by atoms with van der Waals surface area (Å²) in [5, 5.41) is 8.92. The third-order valence-electron chi connectivity index (χ3n) is 2.63. The Labute approximate surface area is 102 Å². The van der Waals surface area contributed by atoms with E-state index in [9.17, 15) is 13.2 Å². The van der Waals surface area contributed by atoms with Gasteiger partial charge in [-0.25, -0.2) is 13.2 Å². The first-order valence-electron chi connectivity index (χ1n) is 5.18. The van der Waals surface area contributed by atoms with Gasteiger partial charge >= 0.3 is 0 Å². The highest BCUT2D eigenvalue weighted by Gasteiger charge is 2.15. The van der Waals surface area contributed by atoms with Crippen molar-refractivity contribution in [3.63, 3.8) is 0 Å². The van der Waals surface area contributed by atoms with Crippen molar-refractivity contribution >= 4 is 0 Å². The summed E-state index contributed by atoms with van der Waals surface area (Å²) in [7, 11) is 0. The van der Waals surface area contributed by atoms with E-state index in [1.165, 1.54) is 18.2 Å². The molecule has 0 heterocycles. The quantitative estimate of drug-likeness (QED) is 0.748. The molecular weight excluding hydrogens is 239 g/mol. The Bertz CT molecular complexity index is 657. The van der Waals surface area contributed by atoms with Gasteiger partial charge in [-0.05, 0) is 36.2 Å². The Hall–Kier alpha value is -2.28. The molecule has 18 heavy (non-hydrogen) atoms. The summed E-state index contributed by atoms with van der Waals surface area (Å²) >= 11 is 0. The number of benzene rings is 2. The topological polar surface area (TPSA) is 23.8 Å². The van der Waals surface area contributed by atoms with Crippen LogP contribution in [0.2, 0.25) is 0 Å². The number of hydrogen-bond donors (Lipinski definition) is 0. The molecule has 0 fully saturated rings. The van der Waals surface area contributed by atoms with Gasteiger partial charge in [0.2, 0.25) is 0 Å². The van der Waals surface area contributed by atoms with E-state index in [-0.39, 0.29) is 11.1 Å². The second-order valence-electron chi connectivity index (χ2n) is 3.88. The lowest BCUT2D eigenvalue weighted by atomic mass is 9.96. The van der Waals surface area contributed by atoms with Gasteiger partial charge in [-0.1, -0.05) is 6.07 Å². The van der Waals surface area contributed by atoms with Crippen molar-refractivity contribution in [3.05, 3.63) is 58.9 Å². The third kappa shape index (κ3) is 2.07. The maximum Gasteiger partial charge on any atom is 0.135 e. The van der Waals surface area contributed by atoms with E-state index in [0.717, 1.165) is 6.07 Å². The first-order chi connectivity index (χ1) is 8.52. The second kappa shape index (κ2) is 4.53. The molecule has 0 aliphatic carbocycles. The molecule has 0 N–H and O–H groups in total. The van der Waals surface area contributed by atoms with Crippen molar-refractivity contribution < 1.29 is 13.2 Å². The minimum atomic E-state index is -0.832. The van der Waals surface area contributed by atoms with E-state index < -0.39 is 17.5 Å². The molecule has 0 spiro atoms. The molecule has 0 aliphatic rings. The number of aryl methyl sites for hydroxylation is 1. The molecule has 2 aromatic rings. The van der Waals surface area contributed by atoms with E-state index >= 15 is 0 Å². The smallest absolute Gasteiger partial charge is 0.135 e. The van der Waals surface area contributed by atoms with Crippen molar-refractivity contribution in [2.24, 2.45) is 0 Å². The molecule has 0 radical (unpaired) electrons. The molecule has 0 unspecified atom stereocenters. The zero-order valence-corrected chi connectivity index (χ0v) is 9.47. The maximum absolute atomic E-state index is 13.8. The average Bonchev–Trinajstić information content (AvgIpc) is 2.29. The van der Waals surface area contributed by atoms with Crippen molar-refractivity contribution in [1.29, 1.82) is 5.26 Å². The summed E-state index contributed by atoms with van der Waals surface area (Å²) in [6.07, 6.45) is 0. The second-order valence-corrected chi connectivity index (χ2v) is 3.88. The molecule has 1 nitrogen and oxygen atoms in total. The number of nitriles is 1. The van der Waals surface area contributed by atoms with Crippen LogP contribution < -0.4 is 0 Å². The number of rotatable bonds is 1. The van der Waals surface area contributed by atoms with Crippen LogP contribution in [-0.2, 0) is 0 Å². The molecule has 0 aliphatic heterocycles. The van der Waals surface area contributed by atoms with Crippen LogP contribution >= 0.6 is 0 Å². The fourth-order valence-electron chi connectivity index (χ4n) is 1.84. The van der Waals surface area contributed by atoms with Crippen LogP contribution in [0.4, 0.5) is 13.2 Å². The van der Waals surface area contributed by atoms with Crippen LogP contribution in [0.1, 0.15) is 11.1 Å². The van der Waals surface area contributed by atoms with Crippen molar-refractivity contribution in [1.82, 2.24) is 0 Å². The molecule has 0 saturated carbocycles. The first kappa shape index (κ1) is 12.2. The monoisotopic (exact) mass is 247 g/mol. The average molecular weight is 247 g/mol. The molecule has 2 aromatic carbocycles. The van der Waals surface area contributed by atoms with Gasteiger partial charge in [0.15, 0.2) is 0 Å². The van der Waals surface area contributed by atoms with E-state index in [2.05, 4.69) is 0 Å². The summed E-state index contributed by atoms with van der Waals surface area (Å²) < 4.78 is 39.8. The molecular formula is C14H8F3N. The Morgan fingerprint density at radius 1 is 1.00 bits per heavy atom. The molecule has 0 saturated heterocycles. The molecule has 90 valence electrons. The lowest BCUT2D eigenvalue weighted by Crippen LogP contribution is -1.95. The summed E-state index contributed by atoms with van der Waals surface area (Å²) in [6, 6.07) is 7.20.